The van der Waals surface area contributed by atoms with Gasteiger partial charge in [0.25, 0.3) is 0 Å². The molecule has 0 aliphatic carbocycles. The summed E-state index contributed by atoms with van der Waals surface area (Å²) in [7, 11) is 0. The Hall–Kier alpha value is -1.20. The van der Waals surface area contributed by atoms with Crippen LogP contribution in [-0.2, 0) is 4.79 Å². The lowest BCUT2D eigenvalue weighted by atomic mass is 10.2. The van der Waals surface area contributed by atoms with Crippen molar-refractivity contribution >= 4 is 29.0 Å². The van der Waals surface area contributed by atoms with E-state index in [1.807, 2.05) is 30.0 Å². The molecule has 0 saturated heterocycles. The van der Waals surface area contributed by atoms with Gasteiger partial charge in [-0.15, -0.1) is 0 Å². The molecule has 4 nitrogen and oxygen atoms in total. The summed E-state index contributed by atoms with van der Waals surface area (Å²) in [6, 6.07) is 7.34. The highest BCUT2D eigenvalue weighted by atomic mass is 32.2. The van der Waals surface area contributed by atoms with E-state index in [9.17, 15) is 4.79 Å². The van der Waals surface area contributed by atoms with Crippen LogP contribution >= 0.6 is 11.8 Å². The third-order valence-corrected chi connectivity index (χ3v) is 4.42. The molecule has 0 aliphatic heterocycles. The number of carbonyl (C=O) groups excluding carboxylic acids is 1. The molecule has 1 rings (SSSR count). The molecule has 1 aromatic carbocycles. The Morgan fingerprint density at radius 2 is 1.95 bits per heavy atom. The summed E-state index contributed by atoms with van der Waals surface area (Å²) in [5.41, 5.74) is 7.11. The zero-order valence-electron chi connectivity index (χ0n) is 13.1. The molecule has 0 heterocycles. The molecule has 0 spiro atoms. The number of nitrogens with two attached hydrogens (primary N) is 1. The van der Waals surface area contributed by atoms with Crippen LogP contribution in [0.3, 0.4) is 0 Å². The predicted molar refractivity (Wildman–Crippen MR) is 93.8 cm³/mol. The van der Waals surface area contributed by atoms with Crippen LogP contribution in [0.5, 0.6) is 0 Å². The van der Waals surface area contributed by atoms with Crippen molar-refractivity contribution in [1.82, 2.24) is 4.90 Å². The van der Waals surface area contributed by atoms with Crippen molar-refractivity contribution in [2.75, 3.05) is 42.2 Å². The van der Waals surface area contributed by atoms with E-state index in [1.165, 1.54) is 0 Å². The van der Waals surface area contributed by atoms with Gasteiger partial charge in [-0.2, -0.15) is 11.8 Å². The first-order valence-electron chi connectivity index (χ1n) is 7.61. The predicted octanol–water partition coefficient (Wildman–Crippen LogP) is 3.06. The van der Waals surface area contributed by atoms with Crippen LogP contribution in [0, 0.1) is 0 Å². The zero-order chi connectivity index (χ0) is 15.5. The Morgan fingerprint density at radius 1 is 1.24 bits per heavy atom. The maximum atomic E-state index is 11.8. The number of rotatable bonds is 10. The van der Waals surface area contributed by atoms with Gasteiger partial charge in [0.15, 0.2) is 0 Å². The molecule has 118 valence electrons. The summed E-state index contributed by atoms with van der Waals surface area (Å²) in [6.45, 7) is 7.72. The Balaban J connectivity index is 2.10. The number of amides is 1. The number of nitrogens with one attached hydrogen (secondary N) is 1. The van der Waals surface area contributed by atoms with E-state index in [4.69, 9.17) is 5.73 Å². The van der Waals surface area contributed by atoms with E-state index in [2.05, 4.69) is 24.1 Å². The van der Waals surface area contributed by atoms with Gasteiger partial charge in [-0.1, -0.05) is 26.0 Å². The summed E-state index contributed by atoms with van der Waals surface area (Å²) >= 11 is 1.92. The number of benzene rings is 1. The second-order valence-corrected chi connectivity index (χ2v) is 6.10. The SMILES string of the molecule is CCN(CC)CCSCCCC(=O)Nc1ccccc1N. The normalized spacial score (nSPS) is 10.8. The second-order valence-electron chi connectivity index (χ2n) is 4.88. The van der Waals surface area contributed by atoms with Gasteiger partial charge in [0.05, 0.1) is 11.4 Å². The summed E-state index contributed by atoms with van der Waals surface area (Å²) in [5.74, 6) is 2.20. The summed E-state index contributed by atoms with van der Waals surface area (Å²) < 4.78 is 0. The average Bonchev–Trinajstić information content (AvgIpc) is 2.49. The number of anilines is 2. The highest BCUT2D eigenvalue weighted by Gasteiger charge is 2.04. The van der Waals surface area contributed by atoms with Gasteiger partial charge in [-0.25, -0.2) is 0 Å². The second kappa shape index (κ2) is 10.5. The molecule has 0 radical (unpaired) electrons. The molecular weight excluding hydrogens is 282 g/mol. The van der Waals surface area contributed by atoms with Gasteiger partial charge in [0.2, 0.25) is 5.91 Å². The van der Waals surface area contributed by atoms with Gasteiger partial charge in [-0.3, -0.25) is 4.79 Å². The van der Waals surface area contributed by atoms with Gasteiger partial charge in [0, 0.05) is 18.7 Å². The number of hydrogen-bond donors (Lipinski definition) is 2. The van der Waals surface area contributed by atoms with Gasteiger partial charge < -0.3 is 16.0 Å². The number of thioether (sulfide) groups is 1. The third kappa shape index (κ3) is 7.39. The number of para-hydroxylation sites is 2. The lowest BCUT2D eigenvalue weighted by Crippen LogP contribution is -2.25. The van der Waals surface area contributed by atoms with Crippen molar-refractivity contribution < 1.29 is 4.79 Å². The van der Waals surface area contributed by atoms with Crippen LogP contribution < -0.4 is 11.1 Å². The number of hydrogen-bond acceptors (Lipinski definition) is 4. The fraction of sp³-hybridized carbons (Fsp3) is 0.562. The van der Waals surface area contributed by atoms with Crippen LogP contribution in [0.4, 0.5) is 11.4 Å². The first-order chi connectivity index (χ1) is 10.2. The molecule has 0 bridgehead atoms. The van der Waals surface area contributed by atoms with Gasteiger partial charge in [-0.05, 0) is 37.4 Å². The van der Waals surface area contributed by atoms with Crippen LogP contribution in [0.15, 0.2) is 24.3 Å². The summed E-state index contributed by atoms with van der Waals surface area (Å²) in [6.07, 6.45) is 1.45. The number of nitrogens with zero attached hydrogens (tertiary/aromatic N) is 1. The highest BCUT2D eigenvalue weighted by Crippen LogP contribution is 2.17. The molecule has 5 heteroatoms. The van der Waals surface area contributed by atoms with Crippen molar-refractivity contribution in [1.29, 1.82) is 0 Å². The maximum Gasteiger partial charge on any atom is 0.224 e. The van der Waals surface area contributed by atoms with E-state index >= 15 is 0 Å². The molecule has 0 aromatic heterocycles. The van der Waals surface area contributed by atoms with Crippen LogP contribution in [0.25, 0.3) is 0 Å². The quantitative estimate of drug-likeness (QED) is 0.515. The molecule has 0 fully saturated rings. The standard InChI is InChI=1S/C16H27N3OS/c1-3-19(4-2)11-13-21-12-7-10-16(20)18-15-9-6-5-8-14(15)17/h5-6,8-9H,3-4,7,10-13,17H2,1-2H3,(H,18,20). The number of carbonyl (C=O) groups is 1. The first-order valence-corrected chi connectivity index (χ1v) is 8.77. The minimum absolute atomic E-state index is 0.0391. The Morgan fingerprint density at radius 3 is 2.62 bits per heavy atom. The van der Waals surface area contributed by atoms with Crippen molar-refractivity contribution in [2.45, 2.75) is 26.7 Å². The van der Waals surface area contributed by atoms with Crippen molar-refractivity contribution in [3.8, 4) is 0 Å². The molecule has 21 heavy (non-hydrogen) atoms. The minimum Gasteiger partial charge on any atom is -0.397 e. The molecule has 0 aliphatic rings. The fourth-order valence-electron chi connectivity index (χ4n) is 1.99. The van der Waals surface area contributed by atoms with Gasteiger partial charge >= 0.3 is 0 Å². The van der Waals surface area contributed by atoms with Crippen LogP contribution in [0.2, 0.25) is 0 Å². The molecule has 1 amide bonds. The van der Waals surface area contributed by atoms with Gasteiger partial charge in [0.1, 0.15) is 0 Å². The summed E-state index contributed by atoms with van der Waals surface area (Å²) in [4.78, 5) is 14.2. The van der Waals surface area contributed by atoms with E-state index in [-0.39, 0.29) is 5.91 Å². The van der Waals surface area contributed by atoms with E-state index in [0.29, 0.717) is 17.8 Å². The lowest BCUT2D eigenvalue weighted by molar-refractivity contribution is -0.116. The first kappa shape index (κ1) is 17.9. The van der Waals surface area contributed by atoms with E-state index < -0.39 is 0 Å². The molecule has 0 saturated carbocycles. The van der Waals surface area contributed by atoms with Crippen LogP contribution in [0.1, 0.15) is 26.7 Å². The Labute approximate surface area is 132 Å². The molecule has 0 unspecified atom stereocenters. The maximum absolute atomic E-state index is 11.8. The third-order valence-electron chi connectivity index (χ3n) is 3.37. The minimum atomic E-state index is 0.0391. The molecule has 1 aromatic rings. The monoisotopic (exact) mass is 309 g/mol. The number of nitrogen functional groups attached to an aromatic ring is 1. The van der Waals surface area contributed by atoms with Crippen molar-refractivity contribution in [2.24, 2.45) is 0 Å². The van der Waals surface area contributed by atoms with Crippen LogP contribution in [-0.4, -0.2) is 41.9 Å². The fourth-order valence-corrected chi connectivity index (χ4v) is 2.93. The molecule has 3 N–H and O–H groups in total. The average molecular weight is 309 g/mol. The summed E-state index contributed by atoms with van der Waals surface area (Å²) in [5, 5.41) is 2.86. The molecule has 0 atom stereocenters. The molecular formula is C16H27N3OS. The Kier molecular flexibility index (Phi) is 8.94. The Bertz CT molecular complexity index is 422. The highest BCUT2D eigenvalue weighted by molar-refractivity contribution is 7.99. The van der Waals surface area contributed by atoms with E-state index in [1.54, 1.807) is 6.07 Å². The zero-order valence-corrected chi connectivity index (χ0v) is 13.9. The van der Waals surface area contributed by atoms with Crippen molar-refractivity contribution in [3.63, 3.8) is 0 Å². The topological polar surface area (TPSA) is 58.4 Å². The van der Waals surface area contributed by atoms with E-state index in [0.717, 1.165) is 37.6 Å². The smallest absolute Gasteiger partial charge is 0.224 e. The largest absolute Gasteiger partial charge is 0.397 e. The van der Waals surface area contributed by atoms with Crippen molar-refractivity contribution in [3.05, 3.63) is 24.3 Å². The lowest BCUT2D eigenvalue weighted by Gasteiger charge is -2.17.